The molecule has 26 heavy (non-hydrogen) atoms. The van der Waals surface area contributed by atoms with Gasteiger partial charge in [0.15, 0.2) is 0 Å². The zero-order chi connectivity index (χ0) is 18.8. The molecule has 0 aliphatic heterocycles. The highest BCUT2D eigenvalue weighted by molar-refractivity contribution is 6.04. The molecule has 4 heteroatoms. The summed E-state index contributed by atoms with van der Waals surface area (Å²) in [4.78, 5) is 24.2. The van der Waals surface area contributed by atoms with Gasteiger partial charge in [-0.25, -0.2) is 4.79 Å². The Morgan fingerprint density at radius 1 is 0.846 bits per heavy atom. The Labute approximate surface area is 155 Å². The Hall–Kier alpha value is -2.62. The monoisotopic (exact) mass is 353 g/mol. The molecule has 0 spiro atoms. The third-order valence-corrected chi connectivity index (χ3v) is 4.23. The maximum absolute atomic E-state index is 12.3. The van der Waals surface area contributed by atoms with E-state index >= 15 is 0 Å². The van der Waals surface area contributed by atoms with E-state index in [1.165, 1.54) is 5.56 Å². The number of esters is 1. The van der Waals surface area contributed by atoms with E-state index in [2.05, 4.69) is 19.2 Å². The fraction of sp³-hybridized carbons (Fsp3) is 0.364. The predicted octanol–water partition coefficient (Wildman–Crippen LogP) is 5.24. The molecule has 138 valence electrons. The van der Waals surface area contributed by atoms with Crippen LogP contribution in [0, 0.1) is 0 Å². The topological polar surface area (TPSA) is 55.4 Å². The van der Waals surface area contributed by atoms with Crippen molar-refractivity contribution in [3.05, 3.63) is 65.2 Å². The number of nitrogens with one attached hydrogen (secondary N) is 1. The van der Waals surface area contributed by atoms with Crippen LogP contribution < -0.4 is 5.32 Å². The first-order valence-corrected chi connectivity index (χ1v) is 9.31. The molecule has 4 nitrogen and oxygen atoms in total. The number of unbranched alkanes of at least 4 members (excludes halogenated alkanes) is 3. The van der Waals surface area contributed by atoms with Gasteiger partial charge in [0.05, 0.1) is 12.2 Å². The molecule has 0 fully saturated rings. The fourth-order valence-electron chi connectivity index (χ4n) is 2.56. The molecule has 0 aliphatic carbocycles. The Kier molecular flexibility index (Phi) is 7.87. The third-order valence-electron chi connectivity index (χ3n) is 4.23. The van der Waals surface area contributed by atoms with Crippen molar-refractivity contribution < 1.29 is 14.3 Å². The number of carbonyl (C=O) groups is 2. The van der Waals surface area contributed by atoms with Crippen LogP contribution in [0.4, 0.5) is 5.69 Å². The van der Waals surface area contributed by atoms with Gasteiger partial charge in [0.2, 0.25) is 0 Å². The van der Waals surface area contributed by atoms with Gasteiger partial charge in [0.25, 0.3) is 5.91 Å². The predicted molar refractivity (Wildman–Crippen MR) is 105 cm³/mol. The maximum Gasteiger partial charge on any atom is 0.338 e. The van der Waals surface area contributed by atoms with Crippen molar-refractivity contribution in [1.29, 1.82) is 0 Å². The molecule has 0 unspecified atom stereocenters. The first-order valence-electron chi connectivity index (χ1n) is 9.31. The number of aryl methyl sites for hydroxylation is 1. The van der Waals surface area contributed by atoms with Gasteiger partial charge in [-0.1, -0.05) is 45.2 Å². The average Bonchev–Trinajstić information content (AvgIpc) is 2.68. The molecule has 0 aromatic heterocycles. The van der Waals surface area contributed by atoms with Crippen molar-refractivity contribution in [2.24, 2.45) is 0 Å². The molecule has 0 heterocycles. The van der Waals surface area contributed by atoms with Gasteiger partial charge in [-0.05, 0) is 54.8 Å². The van der Waals surface area contributed by atoms with Crippen molar-refractivity contribution >= 4 is 17.6 Å². The van der Waals surface area contributed by atoms with Crippen molar-refractivity contribution in [3.8, 4) is 0 Å². The van der Waals surface area contributed by atoms with E-state index in [4.69, 9.17) is 4.74 Å². The second-order valence-corrected chi connectivity index (χ2v) is 6.28. The lowest BCUT2D eigenvalue weighted by atomic mass is 10.1. The normalized spacial score (nSPS) is 10.4. The van der Waals surface area contributed by atoms with Gasteiger partial charge in [-0.3, -0.25) is 4.79 Å². The van der Waals surface area contributed by atoms with Crippen LogP contribution in [0.3, 0.4) is 0 Å². The number of ether oxygens (including phenoxy) is 1. The summed E-state index contributed by atoms with van der Waals surface area (Å²) in [5.74, 6) is -0.492. The second kappa shape index (κ2) is 10.4. The van der Waals surface area contributed by atoms with Crippen LogP contribution in [-0.4, -0.2) is 18.5 Å². The van der Waals surface area contributed by atoms with Crippen molar-refractivity contribution in [2.45, 2.75) is 46.0 Å². The van der Waals surface area contributed by atoms with Crippen LogP contribution in [0.5, 0.6) is 0 Å². The van der Waals surface area contributed by atoms with Gasteiger partial charge in [-0.2, -0.15) is 0 Å². The molecule has 2 rings (SSSR count). The molecule has 0 aliphatic rings. The lowest BCUT2D eigenvalue weighted by Gasteiger charge is -2.08. The molecule has 1 N–H and O–H groups in total. The molecule has 0 saturated heterocycles. The molecule has 2 aromatic carbocycles. The molecule has 0 radical (unpaired) electrons. The van der Waals surface area contributed by atoms with E-state index < -0.39 is 0 Å². The first kappa shape index (κ1) is 19.7. The molecule has 0 saturated carbocycles. The lowest BCUT2D eigenvalue weighted by Crippen LogP contribution is -2.12. The number of hydrogen-bond donors (Lipinski definition) is 1. The van der Waals surface area contributed by atoms with E-state index in [0.29, 0.717) is 23.4 Å². The summed E-state index contributed by atoms with van der Waals surface area (Å²) < 4.78 is 5.26. The van der Waals surface area contributed by atoms with Crippen LogP contribution in [0.2, 0.25) is 0 Å². The van der Waals surface area contributed by atoms with Crippen LogP contribution in [0.25, 0.3) is 0 Å². The molecule has 0 atom stereocenters. The SMILES string of the molecule is CCCCCCOC(=O)c1ccc(NC(=O)c2ccc(CC)cc2)cc1. The molecular weight excluding hydrogens is 326 g/mol. The van der Waals surface area contributed by atoms with Gasteiger partial charge in [0.1, 0.15) is 0 Å². The lowest BCUT2D eigenvalue weighted by molar-refractivity contribution is 0.0498. The highest BCUT2D eigenvalue weighted by Gasteiger charge is 2.09. The average molecular weight is 353 g/mol. The van der Waals surface area contributed by atoms with Gasteiger partial charge in [-0.15, -0.1) is 0 Å². The zero-order valence-electron chi connectivity index (χ0n) is 15.6. The summed E-state index contributed by atoms with van der Waals surface area (Å²) in [5.41, 5.74) is 2.94. The number of benzene rings is 2. The number of hydrogen-bond acceptors (Lipinski definition) is 3. The zero-order valence-corrected chi connectivity index (χ0v) is 15.6. The van der Waals surface area contributed by atoms with Crippen LogP contribution in [0.15, 0.2) is 48.5 Å². The summed E-state index contributed by atoms with van der Waals surface area (Å²) in [5, 5.41) is 2.84. The maximum atomic E-state index is 12.3. The van der Waals surface area contributed by atoms with Crippen molar-refractivity contribution in [1.82, 2.24) is 0 Å². The minimum absolute atomic E-state index is 0.168. The fourth-order valence-corrected chi connectivity index (χ4v) is 2.56. The molecule has 0 bridgehead atoms. The van der Waals surface area contributed by atoms with E-state index in [1.54, 1.807) is 24.3 Å². The van der Waals surface area contributed by atoms with E-state index in [1.807, 2.05) is 24.3 Å². The Balaban J connectivity index is 1.86. The quantitative estimate of drug-likeness (QED) is 0.495. The number of carbonyl (C=O) groups excluding carboxylic acids is 2. The van der Waals surface area contributed by atoms with E-state index in [9.17, 15) is 9.59 Å². The summed E-state index contributed by atoms with van der Waals surface area (Å²) in [6.07, 6.45) is 5.23. The highest BCUT2D eigenvalue weighted by Crippen LogP contribution is 2.13. The molecule has 2 aromatic rings. The van der Waals surface area contributed by atoms with Crippen LogP contribution >= 0.6 is 0 Å². The summed E-state index contributed by atoms with van der Waals surface area (Å²) in [6.45, 7) is 4.67. The summed E-state index contributed by atoms with van der Waals surface area (Å²) in [6, 6.07) is 14.3. The van der Waals surface area contributed by atoms with E-state index in [-0.39, 0.29) is 11.9 Å². The number of anilines is 1. The standard InChI is InChI=1S/C22H27NO3/c1-3-5-6-7-16-26-22(25)19-12-14-20(15-13-19)23-21(24)18-10-8-17(4-2)9-11-18/h8-15H,3-7,16H2,1-2H3,(H,23,24). The summed E-state index contributed by atoms with van der Waals surface area (Å²) >= 11 is 0. The van der Waals surface area contributed by atoms with Gasteiger partial charge in [0, 0.05) is 11.3 Å². The van der Waals surface area contributed by atoms with Crippen molar-refractivity contribution in [3.63, 3.8) is 0 Å². The van der Waals surface area contributed by atoms with Gasteiger partial charge >= 0.3 is 5.97 Å². The summed E-state index contributed by atoms with van der Waals surface area (Å²) in [7, 11) is 0. The molecule has 1 amide bonds. The third kappa shape index (κ3) is 6.03. The number of amides is 1. The highest BCUT2D eigenvalue weighted by atomic mass is 16.5. The smallest absolute Gasteiger partial charge is 0.338 e. The Morgan fingerprint density at radius 2 is 1.50 bits per heavy atom. The van der Waals surface area contributed by atoms with Crippen LogP contribution in [0.1, 0.15) is 65.8 Å². The minimum atomic E-state index is -0.325. The first-order chi connectivity index (χ1) is 12.6. The van der Waals surface area contributed by atoms with E-state index in [0.717, 1.165) is 32.1 Å². The van der Waals surface area contributed by atoms with Gasteiger partial charge < -0.3 is 10.1 Å². The van der Waals surface area contributed by atoms with Crippen LogP contribution in [-0.2, 0) is 11.2 Å². The van der Waals surface area contributed by atoms with Crippen molar-refractivity contribution in [2.75, 3.05) is 11.9 Å². The minimum Gasteiger partial charge on any atom is -0.462 e. The largest absolute Gasteiger partial charge is 0.462 e. The second-order valence-electron chi connectivity index (χ2n) is 6.28. The Morgan fingerprint density at radius 3 is 2.12 bits per heavy atom. The number of rotatable bonds is 9. The molecular formula is C22H27NO3. The Bertz CT molecular complexity index is 705.